The maximum absolute atomic E-state index is 5.66. The van der Waals surface area contributed by atoms with Crippen molar-refractivity contribution in [1.29, 1.82) is 0 Å². The second-order valence-corrected chi connectivity index (χ2v) is 5.95. The van der Waals surface area contributed by atoms with Crippen molar-refractivity contribution in [3.8, 4) is 0 Å². The van der Waals surface area contributed by atoms with E-state index in [1.807, 2.05) is 13.1 Å². The minimum Gasteiger partial charge on any atom is -0.386 e. The van der Waals surface area contributed by atoms with Crippen LogP contribution in [0.2, 0.25) is 0 Å². The van der Waals surface area contributed by atoms with Crippen molar-refractivity contribution >= 4 is 5.84 Å². The molecule has 4 nitrogen and oxygen atoms in total. The van der Waals surface area contributed by atoms with Crippen molar-refractivity contribution in [1.82, 2.24) is 10.7 Å². The van der Waals surface area contributed by atoms with Crippen molar-refractivity contribution in [2.45, 2.75) is 58.0 Å². The second-order valence-electron chi connectivity index (χ2n) is 5.95. The molecular formula is C15H30N4. The lowest BCUT2D eigenvalue weighted by atomic mass is 9.94. The highest BCUT2D eigenvalue weighted by molar-refractivity contribution is 5.82. The summed E-state index contributed by atoms with van der Waals surface area (Å²) in [5.74, 6) is 2.38. The molecule has 3 atom stereocenters. The molecule has 0 radical (unpaired) electrons. The highest BCUT2D eigenvalue weighted by Crippen LogP contribution is 2.36. The van der Waals surface area contributed by atoms with Gasteiger partial charge in [0.05, 0.1) is 6.04 Å². The van der Waals surface area contributed by atoms with Crippen LogP contribution in [0.1, 0.15) is 46.0 Å². The van der Waals surface area contributed by atoms with Gasteiger partial charge < -0.3 is 16.5 Å². The second kappa shape index (κ2) is 8.20. The Balaban J connectivity index is 0.000000312. The van der Waals surface area contributed by atoms with Gasteiger partial charge >= 0.3 is 0 Å². The van der Waals surface area contributed by atoms with E-state index in [4.69, 9.17) is 5.73 Å². The molecule has 1 fully saturated rings. The molecule has 2 rings (SSSR count). The third-order valence-electron chi connectivity index (χ3n) is 4.03. The Morgan fingerprint density at radius 1 is 1.53 bits per heavy atom. The van der Waals surface area contributed by atoms with E-state index >= 15 is 0 Å². The number of hydrazone groups is 1. The predicted octanol–water partition coefficient (Wildman–Crippen LogP) is 2.23. The number of hydrogen-bond acceptors (Lipinski definition) is 4. The quantitative estimate of drug-likeness (QED) is 0.684. The third-order valence-corrected chi connectivity index (χ3v) is 4.03. The van der Waals surface area contributed by atoms with Gasteiger partial charge in [-0.05, 0) is 44.6 Å². The van der Waals surface area contributed by atoms with E-state index in [2.05, 4.69) is 36.3 Å². The van der Waals surface area contributed by atoms with Gasteiger partial charge in [-0.15, -0.1) is 6.58 Å². The highest BCUT2D eigenvalue weighted by atomic mass is 15.3. The van der Waals surface area contributed by atoms with E-state index in [0.29, 0.717) is 12.1 Å². The fraction of sp³-hybridized carbons (Fsp3) is 0.800. The first-order valence-electron chi connectivity index (χ1n) is 7.42. The smallest absolute Gasteiger partial charge is 0.121 e. The van der Waals surface area contributed by atoms with Crippen LogP contribution >= 0.6 is 0 Å². The Labute approximate surface area is 117 Å². The molecule has 1 saturated carbocycles. The summed E-state index contributed by atoms with van der Waals surface area (Å²) < 4.78 is 0. The van der Waals surface area contributed by atoms with Gasteiger partial charge in [-0.2, -0.15) is 5.10 Å². The van der Waals surface area contributed by atoms with Crippen molar-refractivity contribution in [2.75, 3.05) is 7.05 Å². The zero-order valence-corrected chi connectivity index (χ0v) is 12.7. The molecule has 0 spiro atoms. The minimum absolute atomic E-state index is 0.504. The number of rotatable bonds is 4. The van der Waals surface area contributed by atoms with Gasteiger partial charge in [0.2, 0.25) is 0 Å². The number of nitrogens with two attached hydrogens (primary N) is 1. The van der Waals surface area contributed by atoms with Crippen LogP contribution in [-0.4, -0.2) is 25.0 Å². The van der Waals surface area contributed by atoms with Gasteiger partial charge in [0.15, 0.2) is 0 Å². The molecule has 3 unspecified atom stereocenters. The number of allylic oxidation sites excluding steroid dienone is 1. The zero-order valence-electron chi connectivity index (χ0n) is 12.7. The Morgan fingerprint density at radius 3 is 2.68 bits per heavy atom. The first kappa shape index (κ1) is 16.0. The summed E-state index contributed by atoms with van der Waals surface area (Å²) in [4.78, 5) is 0. The fourth-order valence-electron chi connectivity index (χ4n) is 2.68. The molecular weight excluding hydrogens is 236 g/mol. The summed E-state index contributed by atoms with van der Waals surface area (Å²) >= 11 is 0. The van der Waals surface area contributed by atoms with Gasteiger partial charge in [0.1, 0.15) is 5.84 Å². The van der Waals surface area contributed by atoms with Crippen molar-refractivity contribution in [3.63, 3.8) is 0 Å². The Morgan fingerprint density at radius 2 is 2.21 bits per heavy atom. The van der Waals surface area contributed by atoms with Gasteiger partial charge in [-0.3, -0.25) is 0 Å². The molecule has 1 heterocycles. The van der Waals surface area contributed by atoms with Crippen LogP contribution in [-0.2, 0) is 0 Å². The van der Waals surface area contributed by atoms with E-state index in [-0.39, 0.29) is 0 Å². The topological polar surface area (TPSA) is 62.4 Å². The first-order chi connectivity index (χ1) is 9.06. The summed E-state index contributed by atoms with van der Waals surface area (Å²) in [6.07, 6.45) is 8.12. The van der Waals surface area contributed by atoms with Crippen LogP contribution in [0, 0.1) is 11.8 Å². The summed E-state index contributed by atoms with van der Waals surface area (Å²) in [5, 5.41) is 7.09. The molecule has 0 saturated heterocycles. The van der Waals surface area contributed by atoms with Crippen LogP contribution in [0.5, 0.6) is 0 Å². The molecule has 1 aliphatic heterocycles. The molecule has 4 heteroatoms. The highest BCUT2D eigenvalue weighted by Gasteiger charge is 2.32. The molecule has 2 aliphatic rings. The summed E-state index contributed by atoms with van der Waals surface area (Å²) in [6.45, 7) is 8.02. The lowest BCUT2D eigenvalue weighted by Crippen LogP contribution is -2.28. The Kier molecular flexibility index (Phi) is 6.92. The molecule has 4 N–H and O–H groups in total. The molecule has 0 aromatic carbocycles. The van der Waals surface area contributed by atoms with Crippen molar-refractivity contribution < 1.29 is 0 Å². The normalized spacial score (nSPS) is 29.5. The van der Waals surface area contributed by atoms with E-state index in [1.165, 1.54) is 25.7 Å². The molecule has 19 heavy (non-hydrogen) atoms. The lowest BCUT2D eigenvalue weighted by Gasteiger charge is -2.17. The summed E-state index contributed by atoms with van der Waals surface area (Å²) in [5.41, 5.74) is 8.81. The maximum Gasteiger partial charge on any atom is 0.121 e. The molecule has 0 aromatic rings. The van der Waals surface area contributed by atoms with Gasteiger partial charge in [-0.25, -0.2) is 0 Å². The van der Waals surface area contributed by atoms with Crippen LogP contribution < -0.4 is 16.5 Å². The molecule has 0 amide bonds. The molecule has 0 bridgehead atoms. The average molecular weight is 266 g/mol. The van der Waals surface area contributed by atoms with E-state index in [1.54, 1.807) is 0 Å². The van der Waals surface area contributed by atoms with Crippen LogP contribution in [0.15, 0.2) is 17.8 Å². The van der Waals surface area contributed by atoms with E-state index in [9.17, 15) is 0 Å². The average Bonchev–Trinajstić information content (AvgIpc) is 2.99. The zero-order chi connectivity index (χ0) is 14.3. The molecule has 110 valence electrons. The summed E-state index contributed by atoms with van der Waals surface area (Å²) in [7, 11) is 1.95. The number of amidine groups is 1. The third kappa shape index (κ3) is 5.64. The Bertz CT molecular complexity index is 299. The molecule has 0 aromatic heterocycles. The van der Waals surface area contributed by atoms with E-state index in [0.717, 1.165) is 24.1 Å². The van der Waals surface area contributed by atoms with Gasteiger partial charge in [0, 0.05) is 12.5 Å². The predicted molar refractivity (Wildman–Crippen MR) is 83.0 cm³/mol. The fourth-order valence-corrected chi connectivity index (χ4v) is 2.68. The van der Waals surface area contributed by atoms with Crippen molar-refractivity contribution in [2.24, 2.45) is 22.7 Å². The SMILES string of the molecule is C=CCC1CCC(C2CC(N)=NN2)C1.CNC(C)C. The summed E-state index contributed by atoms with van der Waals surface area (Å²) in [6, 6.07) is 1.14. The Hall–Kier alpha value is -1.03. The monoisotopic (exact) mass is 266 g/mol. The van der Waals surface area contributed by atoms with Crippen molar-refractivity contribution in [3.05, 3.63) is 12.7 Å². The number of hydrogen-bond donors (Lipinski definition) is 3. The minimum atomic E-state index is 0.504. The van der Waals surface area contributed by atoms with E-state index < -0.39 is 0 Å². The van der Waals surface area contributed by atoms with Crippen LogP contribution in [0.4, 0.5) is 0 Å². The largest absolute Gasteiger partial charge is 0.386 e. The van der Waals surface area contributed by atoms with Crippen LogP contribution in [0.25, 0.3) is 0 Å². The van der Waals surface area contributed by atoms with Crippen LogP contribution in [0.3, 0.4) is 0 Å². The number of nitrogens with one attached hydrogen (secondary N) is 2. The first-order valence-corrected chi connectivity index (χ1v) is 7.42. The number of nitrogens with zero attached hydrogens (tertiary/aromatic N) is 1. The lowest BCUT2D eigenvalue weighted by molar-refractivity contribution is 0.377. The van der Waals surface area contributed by atoms with Gasteiger partial charge in [-0.1, -0.05) is 19.9 Å². The standard InChI is InChI=1S/C11H19N3.C4H11N/c1-2-3-8-4-5-9(6-8)10-7-11(12)14-13-10;1-4(2)5-3/h2,8-10,13H,1,3-7H2,(H2,12,14);4-5H,1-3H3. The van der Waals surface area contributed by atoms with Gasteiger partial charge in [0.25, 0.3) is 0 Å². The molecule has 1 aliphatic carbocycles. The maximum atomic E-state index is 5.66.